The smallest absolute Gasteiger partial charge is 0.238 e. The zero-order valence-electron chi connectivity index (χ0n) is 17.2. The van der Waals surface area contributed by atoms with Crippen molar-refractivity contribution >= 4 is 17.4 Å². The number of aryl methyl sites for hydroxylation is 1. The van der Waals surface area contributed by atoms with Crippen molar-refractivity contribution in [2.45, 2.75) is 40.7 Å². The van der Waals surface area contributed by atoms with Crippen LogP contribution < -0.4 is 10.1 Å². The highest BCUT2D eigenvalue weighted by Gasteiger charge is 2.15. The van der Waals surface area contributed by atoms with E-state index in [1.54, 1.807) is 13.0 Å². The predicted molar refractivity (Wildman–Crippen MR) is 113 cm³/mol. The Labute approximate surface area is 167 Å². The molecule has 2 aromatic carbocycles. The van der Waals surface area contributed by atoms with Crippen LogP contribution >= 0.6 is 0 Å². The maximum atomic E-state index is 12.6. The Hall–Kier alpha value is -2.66. The molecule has 2 aromatic rings. The summed E-state index contributed by atoms with van der Waals surface area (Å²) in [6.07, 6.45) is 0.925. The van der Waals surface area contributed by atoms with Crippen LogP contribution in [0.1, 0.15) is 48.7 Å². The highest BCUT2D eigenvalue weighted by molar-refractivity contribution is 5.94. The van der Waals surface area contributed by atoms with Gasteiger partial charge in [-0.1, -0.05) is 25.1 Å². The number of rotatable bonds is 10. The maximum Gasteiger partial charge on any atom is 0.238 e. The molecule has 28 heavy (non-hydrogen) atoms. The lowest BCUT2D eigenvalue weighted by atomic mass is 10.1. The van der Waals surface area contributed by atoms with Crippen molar-refractivity contribution in [3.8, 4) is 5.75 Å². The van der Waals surface area contributed by atoms with Crippen LogP contribution in [0.15, 0.2) is 42.5 Å². The van der Waals surface area contributed by atoms with E-state index in [-0.39, 0.29) is 18.2 Å². The van der Waals surface area contributed by atoms with Crippen LogP contribution in [-0.2, 0) is 11.3 Å². The van der Waals surface area contributed by atoms with Crippen LogP contribution in [0.2, 0.25) is 0 Å². The number of ketones is 1. The topological polar surface area (TPSA) is 58.6 Å². The van der Waals surface area contributed by atoms with E-state index in [0.29, 0.717) is 18.7 Å². The molecule has 5 nitrogen and oxygen atoms in total. The van der Waals surface area contributed by atoms with Crippen molar-refractivity contribution in [2.24, 2.45) is 0 Å². The van der Waals surface area contributed by atoms with Gasteiger partial charge in [-0.25, -0.2) is 0 Å². The number of hydrogen-bond acceptors (Lipinski definition) is 4. The summed E-state index contributed by atoms with van der Waals surface area (Å²) in [6.45, 7) is 9.69. The lowest BCUT2D eigenvalue weighted by Crippen LogP contribution is -2.33. The molecule has 0 aliphatic heterocycles. The Bertz CT molecular complexity index is 817. The summed E-state index contributed by atoms with van der Waals surface area (Å²) < 4.78 is 5.73. The zero-order chi connectivity index (χ0) is 20.5. The van der Waals surface area contributed by atoms with E-state index in [2.05, 4.69) is 17.1 Å². The molecule has 0 bridgehead atoms. The molecule has 0 unspecified atom stereocenters. The SMILES string of the molecule is CCCN(CC(=O)Nc1ccccc1C)Cc1cc(C(C)=O)ccc1OCC. The van der Waals surface area contributed by atoms with Crippen LogP contribution in [0.25, 0.3) is 0 Å². The van der Waals surface area contributed by atoms with Crippen molar-refractivity contribution in [1.29, 1.82) is 0 Å². The number of para-hydroxylation sites is 1. The fraction of sp³-hybridized carbons (Fsp3) is 0.391. The van der Waals surface area contributed by atoms with E-state index in [0.717, 1.165) is 35.5 Å². The second kappa shape index (κ2) is 10.6. The fourth-order valence-corrected chi connectivity index (χ4v) is 3.10. The summed E-state index contributed by atoms with van der Waals surface area (Å²) in [7, 11) is 0. The molecule has 0 saturated heterocycles. The quantitative estimate of drug-likeness (QED) is 0.617. The van der Waals surface area contributed by atoms with Gasteiger partial charge < -0.3 is 10.1 Å². The molecule has 1 N–H and O–H groups in total. The van der Waals surface area contributed by atoms with Crippen LogP contribution in [-0.4, -0.2) is 36.3 Å². The van der Waals surface area contributed by atoms with Gasteiger partial charge in [0.2, 0.25) is 5.91 Å². The van der Waals surface area contributed by atoms with Gasteiger partial charge in [0, 0.05) is 23.4 Å². The Kier molecular flexibility index (Phi) is 8.20. The Balaban J connectivity index is 2.15. The van der Waals surface area contributed by atoms with Crippen molar-refractivity contribution in [3.63, 3.8) is 0 Å². The molecule has 0 heterocycles. The van der Waals surface area contributed by atoms with E-state index in [9.17, 15) is 9.59 Å². The Morgan fingerprint density at radius 1 is 1.11 bits per heavy atom. The largest absolute Gasteiger partial charge is 0.494 e. The van der Waals surface area contributed by atoms with Crippen LogP contribution in [0, 0.1) is 6.92 Å². The summed E-state index contributed by atoms with van der Waals surface area (Å²) in [4.78, 5) is 26.4. The second-order valence-corrected chi connectivity index (χ2v) is 6.89. The molecule has 1 amide bonds. The average Bonchev–Trinajstić information content (AvgIpc) is 2.65. The van der Waals surface area contributed by atoms with E-state index >= 15 is 0 Å². The van der Waals surface area contributed by atoms with Crippen molar-refractivity contribution in [1.82, 2.24) is 4.90 Å². The monoisotopic (exact) mass is 382 g/mol. The molecule has 0 aromatic heterocycles. The van der Waals surface area contributed by atoms with Gasteiger partial charge in [-0.05, 0) is 63.6 Å². The fourth-order valence-electron chi connectivity index (χ4n) is 3.10. The van der Waals surface area contributed by atoms with Crippen molar-refractivity contribution in [3.05, 3.63) is 59.2 Å². The lowest BCUT2D eigenvalue weighted by molar-refractivity contribution is -0.117. The van der Waals surface area contributed by atoms with Gasteiger partial charge in [-0.15, -0.1) is 0 Å². The van der Waals surface area contributed by atoms with E-state index in [4.69, 9.17) is 4.74 Å². The van der Waals surface area contributed by atoms with Gasteiger partial charge in [-0.3, -0.25) is 14.5 Å². The van der Waals surface area contributed by atoms with Gasteiger partial charge in [-0.2, -0.15) is 0 Å². The van der Waals surface area contributed by atoms with Crippen molar-refractivity contribution < 1.29 is 14.3 Å². The molecule has 0 aliphatic carbocycles. The first kappa shape index (κ1) is 21.6. The molecular weight excluding hydrogens is 352 g/mol. The highest BCUT2D eigenvalue weighted by Crippen LogP contribution is 2.23. The number of anilines is 1. The summed E-state index contributed by atoms with van der Waals surface area (Å²) in [5.41, 5.74) is 3.44. The zero-order valence-corrected chi connectivity index (χ0v) is 17.2. The molecule has 0 fully saturated rings. The van der Waals surface area contributed by atoms with Crippen molar-refractivity contribution in [2.75, 3.05) is 25.0 Å². The van der Waals surface area contributed by atoms with E-state index < -0.39 is 0 Å². The summed E-state index contributed by atoms with van der Waals surface area (Å²) in [6, 6.07) is 13.2. The molecule has 5 heteroatoms. The number of amides is 1. The Morgan fingerprint density at radius 3 is 2.50 bits per heavy atom. The summed E-state index contributed by atoms with van der Waals surface area (Å²) in [5.74, 6) is 0.722. The second-order valence-electron chi connectivity index (χ2n) is 6.89. The summed E-state index contributed by atoms with van der Waals surface area (Å²) in [5, 5.41) is 2.99. The molecule has 0 atom stereocenters. The van der Waals surface area contributed by atoms with Gasteiger partial charge >= 0.3 is 0 Å². The normalized spacial score (nSPS) is 10.8. The number of hydrogen-bond donors (Lipinski definition) is 1. The first-order valence-electron chi connectivity index (χ1n) is 9.79. The van der Waals surface area contributed by atoms with Crippen LogP contribution in [0.3, 0.4) is 0 Å². The maximum absolute atomic E-state index is 12.6. The minimum Gasteiger partial charge on any atom is -0.494 e. The summed E-state index contributed by atoms with van der Waals surface area (Å²) >= 11 is 0. The molecule has 0 aliphatic rings. The highest BCUT2D eigenvalue weighted by atomic mass is 16.5. The number of Topliss-reactive ketones (excluding diaryl/α,β-unsaturated/α-hetero) is 1. The van der Waals surface area contributed by atoms with E-state index in [1.807, 2.05) is 50.2 Å². The van der Waals surface area contributed by atoms with Crippen LogP contribution in [0.4, 0.5) is 5.69 Å². The number of carbonyl (C=O) groups excluding carboxylic acids is 2. The first-order chi connectivity index (χ1) is 13.4. The average molecular weight is 383 g/mol. The number of nitrogens with zero attached hydrogens (tertiary/aromatic N) is 1. The third kappa shape index (κ3) is 6.20. The Morgan fingerprint density at radius 2 is 1.86 bits per heavy atom. The number of nitrogens with one attached hydrogen (secondary N) is 1. The van der Waals surface area contributed by atoms with Crippen LogP contribution in [0.5, 0.6) is 5.75 Å². The molecule has 150 valence electrons. The third-order valence-electron chi connectivity index (χ3n) is 4.49. The third-order valence-corrected chi connectivity index (χ3v) is 4.49. The lowest BCUT2D eigenvalue weighted by Gasteiger charge is -2.23. The van der Waals surface area contributed by atoms with E-state index in [1.165, 1.54) is 0 Å². The molecule has 2 rings (SSSR count). The minimum atomic E-state index is -0.0524. The predicted octanol–water partition coefficient (Wildman–Crippen LogP) is 4.45. The molecule has 0 spiro atoms. The first-order valence-corrected chi connectivity index (χ1v) is 9.79. The number of ether oxygens (including phenoxy) is 1. The number of carbonyl (C=O) groups is 2. The molecule has 0 radical (unpaired) electrons. The minimum absolute atomic E-state index is 0.0173. The van der Waals surface area contributed by atoms with Gasteiger partial charge in [0.05, 0.1) is 13.2 Å². The molecular formula is C23H30N2O3. The standard InChI is InChI=1S/C23H30N2O3/c1-5-13-25(16-23(27)24-21-10-8-7-9-17(21)3)15-20-14-19(18(4)26)11-12-22(20)28-6-2/h7-12,14H,5-6,13,15-16H2,1-4H3,(H,24,27). The van der Waals surface area contributed by atoms with Gasteiger partial charge in [0.15, 0.2) is 5.78 Å². The molecule has 0 saturated carbocycles. The van der Waals surface area contributed by atoms with Gasteiger partial charge in [0.25, 0.3) is 0 Å². The van der Waals surface area contributed by atoms with Gasteiger partial charge in [0.1, 0.15) is 5.75 Å². The number of benzene rings is 2.